The van der Waals surface area contributed by atoms with Crippen LogP contribution >= 0.6 is 0 Å². The monoisotopic (exact) mass is 552 g/mol. The van der Waals surface area contributed by atoms with Gasteiger partial charge in [0.15, 0.2) is 0 Å². The summed E-state index contributed by atoms with van der Waals surface area (Å²) in [5.74, 6) is 0. The molecule has 204 valence electrons. The fourth-order valence-corrected chi connectivity index (χ4v) is 7.71. The molecule has 0 radical (unpaired) electrons. The molecular weight excluding hydrogens is 524 g/mol. The van der Waals surface area contributed by atoms with Crippen LogP contribution in [0.1, 0.15) is 48.2 Å². The molecule has 0 amide bonds. The number of furan rings is 1. The molecule has 0 spiro atoms. The third-order valence-corrected chi connectivity index (χ3v) is 9.72. The highest BCUT2D eigenvalue weighted by Crippen LogP contribution is 2.53. The summed E-state index contributed by atoms with van der Waals surface area (Å²) < 4.78 is 9.35. The Morgan fingerprint density at radius 3 is 2.44 bits per heavy atom. The van der Waals surface area contributed by atoms with Gasteiger partial charge in [-0.2, -0.15) is 5.26 Å². The maximum atomic E-state index is 9.96. The summed E-state index contributed by atoms with van der Waals surface area (Å²) in [6.07, 6.45) is 6.47. The van der Waals surface area contributed by atoms with E-state index in [0.29, 0.717) is 5.56 Å². The van der Waals surface area contributed by atoms with Crippen LogP contribution in [0.2, 0.25) is 0 Å². The van der Waals surface area contributed by atoms with Crippen molar-refractivity contribution in [2.45, 2.75) is 32.1 Å². The summed E-state index contributed by atoms with van der Waals surface area (Å²) in [5.41, 5.74) is 14.3. The molecule has 9 rings (SSSR count). The average Bonchev–Trinajstić information content (AvgIpc) is 3.67. The lowest BCUT2D eigenvalue weighted by molar-refractivity contribution is 0.653. The maximum Gasteiger partial charge on any atom is 0.143 e. The third-order valence-electron chi connectivity index (χ3n) is 9.72. The summed E-state index contributed by atoms with van der Waals surface area (Å²) in [5, 5.41) is 13.4. The van der Waals surface area contributed by atoms with Crippen LogP contribution in [-0.4, -0.2) is 4.57 Å². The van der Waals surface area contributed by atoms with Crippen molar-refractivity contribution in [2.24, 2.45) is 0 Å². The number of fused-ring (bicyclic) bond motifs is 10. The number of aromatic nitrogens is 1. The van der Waals surface area contributed by atoms with Gasteiger partial charge in [-0.15, -0.1) is 0 Å². The lowest BCUT2D eigenvalue weighted by Crippen LogP contribution is -2.14. The van der Waals surface area contributed by atoms with E-state index in [9.17, 15) is 5.26 Å². The van der Waals surface area contributed by atoms with Gasteiger partial charge in [0.25, 0.3) is 0 Å². The molecule has 2 aliphatic rings. The molecule has 0 bridgehead atoms. The highest BCUT2D eigenvalue weighted by molar-refractivity contribution is 6.15. The smallest absolute Gasteiger partial charge is 0.143 e. The minimum atomic E-state index is -0.0920. The predicted octanol–water partition coefficient (Wildman–Crippen LogP) is 10.3. The van der Waals surface area contributed by atoms with E-state index in [2.05, 4.69) is 122 Å². The van der Waals surface area contributed by atoms with E-state index in [1.54, 1.807) is 0 Å². The van der Waals surface area contributed by atoms with E-state index in [0.717, 1.165) is 57.1 Å². The van der Waals surface area contributed by atoms with Crippen LogP contribution in [0.3, 0.4) is 0 Å². The van der Waals surface area contributed by atoms with Crippen molar-refractivity contribution < 1.29 is 4.42 Å². The molecule has 2 heterocycles. The number of para-hydroxylation sites is 2. The first kappa shape index (κ1) is 24.3. The molecule has 7 aromatic rings. The average molecular weight is 553 g/mol. The van der Waals surface area contributed by atoms with Crippen LogP contribution in [0, 0.1) is 11.3 Å². The summed E-state index contributed by atoms with van der Waals surface area (Å²) in [6.45, 7) is 4.61. The summed E-state index contributed by atoms with van der Waals surface area (Å²) in [4.78, 5) is 0. The normalized spacial score (nSPS) is 14.6. The number of rotatable bonds is 2. The van der Waals surface area contributed by atoms with Crippen LogP contribution in [0.5, 0.6) is 0 Å². The minimum Gasteiger partial charge on any atom is -0.455 e. The Balaban J connectivity index is 1.36. The molecule has 0 unspecified atom stereocenters. The summed E-state index contributed by atoms with van der Waals surface area (Å²) >= 11 is 0. The molecule has 0 fully saturated rings. The Hall–Kier alpha value is -5.33. The molecule has 0 atom stereocenters. The summed E-state index contributed by atoms with van der Waals surface area (Å²) in [7, 11) is 0. The number of hydrogen-bond acceptors (Lipinski definition) is 2. The number of benzene rings is 5. The Bertz CT molecular complexity index is 2390. The van der Waals surface area contributed by atoms with Gasteiger partial charge in [0.05, 0.1) is 22.8 Å². The van der Waals surface area contributed by atoms with Crippen molar-refractivity contribution in [3.05, 3.63) is 131 Å². The lowest BCUT2D eigenvalue weighted by atomic mass is 9.82. The van der Waals surface area contributed by atoms with Crippen LogP contribution in [0.25, 0.3) is 66.9 Å². The van der Waals surface area contributed by atoms with Crippen LogP contribution in [0.15, 0.2) is 108 Å². The van der Waals surface area contributed by atoms with Gasteiger partial charge in [0, 0.05) is 49.5 Å². The molecule has 43 heavy (non-hydrogen) atoms. The second-order valence-corrected chi connectivity index (χ2v) is 12.3. The highest BCUT2D eigenvalue weighted by Gasteiger charge is 2.37. The van der Waals surface area contributed by atoms with Gasteiger partial charge < -0.3 is 8.98 Å². The van der Waals surface area contributed by atoms with Crippen LogP contribution < -0.4 is 0 Å². The lowest BCUT2D eigenvalue weighted by Gasteiger charge is -2.21. The molecule has 3 heteroatoms. The van der Waals surface area contributed by atoms with Gasteiger partial charge in [-0.05, 0) is 47.7 Å². The third kappa shape index (κ3) is 3.18. The second-order valence-electron chi connectivity index (χ2n) is 12.3. The number of nitrogens with zero attached hydrogens (tertiary/aromatic N) is 2. The van der Waals surface area contributed by atoms with Gasteiger partial charge in [-0.1, -0.05) is 105 Å². The first-order valence-electron chi connectivity index (χ1n) is 15.0. The Morgan fingerprint density at radius 2 is 1.53 bits per heavy atom. The first-order chi connectivity index (χ1) is 21.1. The Morgan fingerprint density at radius 1 is 0.744 bits per heavy atom. The van der Waals surface area contributed by atoms with Gasteiger partial charge in [-0.25, -0.2) is 0 Å². The molecule has 0 saturated carbocycles. The Kier molecular flexibility index (Phi) is 4.86. The second kappa shape index (κ2) is 8.60. The van der Waals surface area contributed by atoms with Crippen molar-refractivity contribution in [3.63, 3.8) is 0 Å². The van der Waals surface area contributed by atoms with Crippen molar-refractivity contribution >= 4 is 38.9 Å². The molecule has 0 N–H and O–H groups in total. The fourth-order valence-electron chi connectivity index (χ4n) is 7.71. The number of nitriles is 1. The number of hydrogen-bond donors (Lipinski definition) is 0. The zero-order valence-electron chi connectivity index (χ0n) is 24.1. The molecule has 3 nitrogen and oxygen atoms in total. The van der Waals surface area contributed by atoms with Crippen LogP contribution in [-0.2, 0) is 11.8 Å². The zero-order valence-corrected chi connectivity index (χ0v) is 24.1. The molecule has 2 aromatic heterocycles. The van der Waals surface area contributed by atoms with Crippen molar-refractivity contribution in [1.82, 2.24) is 4.57 Å². The predicted molar refractivity (Wildman–Crippen MR) is 176 cm³/mol. The largest absolute Gasteiger partial charge is 0.455 e. The first-order valence-corrected chi connectivity index (χ1v) is 15.0. The van der Waals surface area contributed by atoms with Crippen molar-refractivity contribution in [3.8, 4) is 34.0 Å². The van der Waals surface area contributed by atoms with Gasteiger partial charge in [-0.3, -0.25) is 0 Å². The van der Waals surface area contributed by atoms with E-state index in [-0.39, 0.29) is 5.41 Å². The SMILES string of the molecule is CC1(C)c2ccccc2-c2c1ccc1c2oc2c(-c3ccc(C#N)cc3-n3c4c(c5ccccc53)C=CCC4)cccc21. The zero-order chi connectivity index (χ0) is 28.9. The van der Waals surface area contributed by atoms with Gasteiger partial charge in [0.2, 0.25) is 0 Å². The maximum absolute atomic E-state index is 9.96. The van der Waals surface area contributed by atoms with E-state index < -0.39 is 0 Å². The van der Waals surface area contributed by atoms with Crippen LogP contribution in [0.4, 0.5) is 0 Å². The van der Waals surface area contributed by atoms with Crippen molar-refractivity contribution in [1.29, 1.82) is 5.26 Å². The van der Waals surface area contributed by atoms with E-state index in [1.165, 1.54) is 38.9 Å². The van der Waals surface area contributed by atoms with Crippen molar-refractivity contribution in [2.75, 3.05) is 0 Å². The molecule has 2 aliphatic carbocycles. The molecule has 0 saturated heterocycles. The summed E-state index contributed by atoms with van der Waals surface area (Å²) in [6, 6.07) is 36.8. The van der Waals surface area contributed by atoms with E-state index in [1.807, 2.05) is 12.1 Å². The van der Waals surface area contributed by atoms with E-state index >= 15 is 0 Å². The van der Waals surface area contributed by atoms with E-state index in [4.69, 9.17) is 4.42 Å². The fraction of sp³-hybridized carbons (Fsp3) is 0.125. The van der Waals surface area contributed by atoms with Gasteiger partial charge in [0.1, 0.15) is 11.2 Å². The highest BCUT2D eigenvalue weighted by atomic mass is 16.3. The standard InChI is InChI=1S/C40H28N2O/c1-40(2)32-15-6-3-12-31(32)37-33(40)21-20-30-29-14-9-13-28(38(29)43-39(30)37)27-19-18-24(23-41)22-36(27)42-34-16-7-4-10-25(34)26-11-5-8-17-35(26)42/h3-7,9-16,18-22H,8,17H2,1-2H3. The minimum absolute atomic E-state index is 0.0920. The number of allylic oxidation sites excluding steroid dienone is 1. The quantitative estimate of drug-likeness (QED) is 0.214. The topological polar surface area (TPSA) is 41.9 Å². The molecule has 0 aliphatic heterocycles. The Labute approximate surface area is 249 Å². The molecular formula is C40H28N2O. The molecule has 5 aromatic carbocycles. The van der Waals surface area contributed by atoms with Gasteiger partial charge >= 0.3 is 0 Å².